The molecule has 3 nitrogen and oxygen atoms in total. The van der Waals surface area contributed by atoms with Crippen molar-refractivity contribution in [3.63, 3.8) is 0 Å². The van der Waals surface area contributed by atoms with Crippen LogP contribution in [0.1, 0.15) is 18.9 Å². The molecule has 3 N–H and O–H groups in total. The predicted octanol–water partition coefficient (Wildman–Crippen LogP) is 2.38. The van der Waals surface area contributed by atoms with Gasteiger partial charge in [0.2, 0.25) is 5.91 Å². The van der Waals surface area contributed by atoms with Crippen molar-refractivity contribution in [1.29, 1.82) is 0 Å². The fourth-order valence-corrected chi connectivity index (χ4v) is 2.20. The quantitative estimate of drug-likeness (QED) is 0.820. The highest BCUT2D eigenvalue weighted by molar-refractivity contribution is 9.10. The average molecular weight is 315 g/mol. The summed E-state index contributed by atoms with van der Waals surface area (Å²) < 4.78 is 0.991. The lowest BCUT2D eigenvalue weighted by Crippen LogP contribution is -2.37. The minimum atomic E-state index is -0.378. The molecule has 0 aromatic heterocycles. The van der Waals surface area contributed by atoms with Crippen molar-refractivity contribution < 1.29 is 4.79 Å². The van der Waals surface area contributed by atoms with E-state index in [9.17, 15) is 4.79 Å². The highest BCUT2D eigenvalue weighted by atomic mass is 79.9. The third-order valence-corrected chi connectivity index (χ3v) is 3.20. The lowest BCUT2D eigenvalue weighted by Gasteiger charge is -2.13. The molecule has 1 atom stereocenters. The van der Waals surface area contributed by atoms with Crippen molar-refractivity contribution in [2.45, 2.75) is 19.9 Å². The van der Waals surface area contributed by atoms with Crippen LogP contribution in [-0.2, 0) is 11.3 Å². The van der Waals surface area contributed by atoms with Gasteiger partial charge in [-0.3, -0.25) is 4.79 Å². The van der Waals surface area contributed by atoms with E-state index in [4.69, 9.17) is 18.0 Å². The Morgan fingerprint density at radius 3 is 2.82 bits per heavy atom. The third kappa shape index (κ3) is 4.44. The largest absolute Gasteiger partial charge is 0.393 e. The van der Waals surface area contributed by atoms with Gasteiger partial charge < -0.3 is 11.1 Å². The fraction of sp³-hybridized carbons (Fsp3) is 0.333. The first-order valence-corrected chi connectivity index (χ1v) is 6.56. The number of nitrogens with one attached hydrogen (secondary N) is 1. The molecule has 0 aliphatic heterocycles. The second-order valence-corrected chi connectivity index (χ2v) is 5.10. The van der Waals surface area contributed by atoms with Gasteiger partial charge in [-0.2, -0.15) is 0 Å². The van der Waals surface area contributed by atoms with Crippen molar-refractivity contribution in [2.75, 3.05) is 0 Å². The van der Waals surface area contributed by atoms with Crippen LogP contribution >= 0.6 is 28.1 Å². The van der Waals surface area contributed by atoms with Crippen LogP contribution < -0.4 is 11.1 Å². The molecule has 1 amide bonds. The van der Waals surface area contributed by atoms with Crippen LogP contribution in [0.25, 0.3) is 0 Å². The molecule has 0 saturated carbocycles. The van der Waals surface area contributed by atoms with Crippen molar-refractivity contribution >= 4 is 39.0 Å². The monoisotopic (exact) mass is 314 g/mol. The number of benzene rings is 1. The molecule has 1 unspecified atom stereocenters. The SMILES string of the molecule is CCC(C(=O)NCc1cccc(Br)c1)C(N)=S. The van der Waals surface area contributed by atoms with E-state index >= 15 is 0 Å². The highest BCUT2D eigenvalue weighted by Crippen LogP contribution is 2.11. The molecule has 0 aliphatic rings. The van der Waals surface area contributed by atoms with E-state index in [1.807, 2.05) is 31.2 Å². The van der Waals surface area contributed by atoms with Gasteiger partial charge in [0.1, 0.15) is 0 Å². The van der Waals surface area contributed by atoms with E-state index in [0.29, 0.717) is 13.0 Å². The molecule has 0 spiro atoms. The van der Waals surface area contributed by atoms with Crippen LogP contribution in [0.15, 0.2) is 28.7 Å². The molecule has 0 radical (unpaired) electrons. The fourth-order valence-electron chi connectivity index (χ4n) is 1.48. The Morgan fingerprint density at radius 2 is 2.29 bits per heavy atom. The first-order chi connectivity index (χ1) is 8.04. The summed E-state index contributed by atoms with van der Waals surface area (Å²) in [7, 11) is 0. The predicted molar refractivity (Wildman–Crippen MR) is 76.6 cm³/mol. The molecule has 0 fully saturated rings. The Kier molecular flexibility index (Phi) is 5.58. The first-order valence-electron chi connectivity index (χ1n) is 5.36. The maximum absolute atomic E-state index is 11.8. The van der Waals surface area contributed by atoms with Crippen LogP contribution in [0.4, 0.5) is 0 Å². The first kappa shape index (κ1) is 14.1. The van der Waals surface area contributed by atoms with Gasteiger partial charge in [0.25, 0.3) is 0 Å². The Labute approximate surface area is 115 Å². The summed E-state index contributed by atoms with van der Waals surface area (Å²) in [6.07, 6.45) is 0.625. The summed E-state index contributed by atoms with van der Waals surface area (Å²) in [6, 6.07) is 7.78. The zero-order valence-electron chi connectivity index (χ0n) is 9.57. The zero-order chi connectivity index (χ0) is 12.8. The summed E-state index contributed by atoms with van der Waals surface area (Å²) in [4.78, 5) is 12.0. The molecular formula is C12H15BrN2OS. The number of nitrogens with two attached hydrogens (primary N) is 1. The standard InChI is InChI=1S/C12H15BrN2OS/c1-2-10(11(14)17)12(16)15-7-8-4-3-5-9(13)6-8/h3-6,10H,2,7H2,1H3,(H2,14,17)(H,15,16). The normalized spacial score (nSPS) is 11.9. The van der Waals surface area contributed by atoms with Gasteiger partial charge in [0, 0.05) is 11.0 Å². The number of carbonyl (C=O) groups is 1. The van der Waals surface area contributed by atoms with E-state index in [0.717, 1.165) is 10.0 Å². The molecule has 0 saturated heterocycles. The highest BCUT2D eigenvalue weighted by Gasteiger charge is 2.18. The van der Waals surface area contributed by atoms with Crippen molar-refractivity contribution in [3.05, 3.63) is 34.3 Å². The number of halogens is 1. The van der Waals surface area contributed by atoms with Gasteiger partial charge in [-0.15, -0.1) is 0 Å². The molecule has 17 heavy (non-hydrogen) atoms. The van der Waals surface area contributed by atoms with E-state index in [2.05, 4.69) is 21.2 Å². The summed E-state index contributed by atoms with van der Waals surface area (Å²) >= 11 is 8.23. The lowest BCUT2D eigenvalue weighted by atomic mass is 10.1. The summed E-state index contributed by atoms with van der Waals surface area (Å²) in [5, 5.41) is 2.83. The molecule has 1 rings (SSSR count). The Hall–Kier alpha value is -0.940. The van der Waals surface area contributed by atoms with Crippen molar-refractivity contribution in [1.82, 2.24) is 5.32 Å². The Bertz CT molecular complexity index is 423. The molecule has 0 bridgehead atoms. The van der Waals surface area contributed by atoms with Crippen LogP contribution in [-0.4, -0.2) is 10.9 Å². The van der Waals surface area contributed by atoms with E-state index in [1.165, 1.54) is 0 Å². The molecular weight excluding hydrogens is 300 g/mol. The van der Waals surface area contributed by atoms with Crippen LogP contribution in [0.5, 0.6) is 0 Å². The molecule has 92 valence electrons. The van der Waals surface area contributed by atoms with Crippen molar-refractivity contribution in [2.24, 2.45) is 11.7 Å². The van der Waals surface area contributed by atoms with Gasteiger partial charge in [-0.05, 0) is 24.1 Å². The number of hydrogen-bond acceptors (Lipinski definition) is 2. The van der Waals surface area contributed by atoms with Crippen molar-refractivity contribution in [3.8, 4) is 0 Å². The summed E-state index contributed by atoms with van der Waals surface area (Å²) in [5.41, 5.74) is 6.54. The topological polar surface area (TPSA) is 55.1 Å². The molecule has 0 aliphatic carbocycles. The third-order valence-electron chi connectivity index (χ3n) is 2.42. The van der Waals surface area contributed by atoms with Crippen LogP contribution in [0.3, 0.4) is 0 Å². The van der Waals surface area contributed by atoms with Gasteiger partial charge in [0.15, 0.2) is 0 Å². The van der Waals surface area contributed by atoms with Crippen LogP contribution in [0.2, 0.25) is 0 Å². The number of rotatable bonds is 5. The molecule has 1 aromatic rings. The minimum absolute atomic E-state index is 0.111. The second kappa shape index (κ2) is 6.71. The lowest BCUT2D eigenvalue weighted by molar-refractivity contribution is -0.123. The van der Waals surface area contributed by atoms with Gasteiger partial charge in [-0.1, -0.05) is 47.2 Å². The minimum Gasteiger partial charge on any atom is -0.393 e. The van der Waals surface area contributed by atoms with Gasteiger partial charge in [-0.25, -0.2) is 0 Å². The number of carbonyl (C=O) groups excluding carboxylic acids is 1. The van der Waals surface area contributed by atoms with Crippen LogP contribution in [0, 0.1) is 5.92 Å². The number of amides is 1. The Balaban J connectivity index is 2.56. The maximum Gasteiger partial charge on any atom is 0.230 e. The van der Waals surface area contributed by atoms with Gasteiger partial charge in [0.05, 0.1) is 10.9 Å². The van der Waals surface area contributed by atoms with E-state index < -0.39 is 0 Å². The molecule has 1 aromatic carbocycles. The second-order valence-electron chi connectivity index (χ2n) is 3.71. The average Bonchev–Trinajstić information content (AvgIpc) is 2.27. The Morgan fingerprint density at radius 1 is 1.59 bits per heavy atom. The zero-order valence-corrected chi connectivity index (χ0v) is 12.0. The maximum atomic E-state index is 11.8. The summed E-state index contributed by atoms with van der Waals surface area (Å²) in [6.45, 7) is 2.37. The van der Waals surface area contributed by atoms with Gasteiger partial charge >= 0.3 is 0 Å². The smallest absolute Gasteiger partial charge is 0.230 e. The summed E-state index contributed by atoms with van der Waals surface area (Å²) in [5.74, 6) is -0.489. The molecule has 0 heterocycles. The van der Waals surface area contributed by atoms with E-state index in [1.54, 1.807) is 0 Å². The number of thiocarbonyl (C=S) groups is 1. The van der Waals surface area contributed by atoms with E-state index in [-0.39, 0.29) is 16.8 Å². The number of hydrogen-bond donors (Lipinski definition) is 2. The molecule has 5 heteroatoms.